The van der Waals surface area contributed by atoms with Crippen molar-refractivity contribution in [3.63, 3.8) is 0 Å². The van der Waals surface area contributed by atoms with Crippen LogP contribution in [0.4, 0.5) is 5.82 Å². The minimum atomic E-state index is -0.656. The third-order valence-electron chi connectivity index (χ3n) is 7.37. The van der Waals surface area contributed by atoms with Gasteiger partial charge in [0.1, 0.15) is 23.8 Å². The summed E-state index contributed by atoms with van der Waals surface area (Å²) in [5.74, 6) is 1.22. The number of esters is 1. The van der Waals surface area contributed by atoms with Gasteiger partial charge < -0.3 is 15.8 Å². The molecule has 1 aliphatic carbocycles. The zero-order chi connectivity index (χ0) is 26.4. The Labute approximate surface area is 221 Å². The molecule has 0 fully saturated rings. The van der Waals surface area contributed by atoms with E-state index in [1.54, 1.807) is 6.33 Å². The van der Waals surface area contributed by atoms with Crippen molar-refractivity contribution < 1.29 is 9.53 Å². The molecule has 37 heavy (non-hydrogen) atoms. The molecule has 2 atom stereocenters. The molecule has 0 radical (unpaired) electrons. The number of aromatic nitrogens is 3. The second-order valence-corrected chi connectivity index (χ2v) is 11.4. The van der Waals surface area contributed by atoms with E-state index in [9.17, 15) is 4.79 Å². The first kappa shape index (κ1) is 27.2. The molecule has 200 valence electrons. The van der Waals surface area contributed by atoms with Crippen LogP contribution in [-0.2, 0) is 35.2 Å². The number of aryl methyl sites for hydroxylation is 2. The molecule has 7 nitrogen and oxygen atoms in total. The molecule has 2 aliphatic rings. The highest BCUT2D eigenvalue weighted by molar-refractivity contribution is 5.75. The van der Waals surface area contributed by atoms with Crippen molar-refractivity contribution in [2.24, 2.45) is 5.73 Å². The zero-order valence-corrected chi connectivity index (χ0v) is 23.0. The summed E-state index contributed by atoms with van der Waals surface area (Å²) < 4.78 is 5.44. The van der Waals surface area contributed by atoms with Crippen molar-refractivity contribution in [1.82, 2.24) is 15.0 Å². The number of anilines is 1. The Bertz CT molecular complexity index is 1120. The van der Waals surface area contributed by atoms with Crippen molar-refractivity contribution >= 4 is 11.8 Å². The number of carbonyl (C=O) groups excluding carboxylic acids is 1. The number of nitrogens with one attached hydrogen (secondary N) is 1. The van der Waals surface area contributed by atoms with E-state index < -0.39 is 11.6 Å². The predicted molar refractivity (Wildman–Crippen MR) is 148 cm³/mol. The molecule has 2 aromatic heterocycles. The summed E-state index contributed by atoms with van der Waals surface area (Å²) in [6, 6.07) is 3.86. The molecule has 3 N–H and O–H groups in total. The van der Waals surface area contributed by atoms with Crippen LogP contribution in [0.2, 0.25) is 0 Å². The molecule has 2 aromatic rings. The summed E-state index contributed by atoms with van der Waals surface area (Å²) >= 11 is 0. The van der Waals surface area contributed by atoms with Gasteiger partial charge in [0.05, 0.1) is 5.69 Å². The Morgan fingerprint density at radius 1 is 1.19 bits per heavy atom. The molecular formula is C30H43N5O2. The number of hydrogen-bond donors (Lipinski definition) is 2. The maximum atomic E-state index is 12.3. The van der Waals surface area contributed by atoms with Gasteiger partial charge in [0.2, 0.25) is 0 Å². The van der Waals surface area contributed by atoms with Gasteiger partial charge in [-0.1, -0.05) is 24.6 Å². The first-order valence-corrected chi connectivity index (χ1v) is 13.9. The highest BCUT2D eigenvalue weighted by atomic mass is 16.6. The first-order chi connectivity index (χ1) is 17.7. The molecule has 0 bridgehead atoms. The number of ether oxygens (including phenoxy) is 1. The average molecular weight is 506 g/mol. The normalized spacial score (nSPS) is 18.7. The Balaban J connectivity index is 1.37. The standard InChI is InChI=1S/C30H43N5O2/c1-5-23-26(16-14-24(31)29(36)37-30(2,3)4)33-19-34-27(23)18-20-8-6-9-21(12-11-20)25-15-13-22-10-7-17-32-28(22)35-25/h8,13,15,19,21,24H,5-7,9-12,14,16-18,31H2,1-4H3,(H,32,35). The monoisotopic (exact) mass is 505 g/mol. The van der Waals surface area contributed by atoms with Crippen molar-refractivity contribution in [3.8, 4) is 0 Å². The average Bonchev–Trinajstić information content (AvgIpc) is 3.11. The SMILES string of the molecule is CCc1c(CCC(N)C(=O)OC(C)(C)C)ncnc1CC1=CCCC(c2ccc3c(n2)NCCC3)CC1. The van der Waals surface area contributed by atoms with E-state index in [2.05, 4.69) is 40.4 Å². The van der Waals surface area contributed by atoms with Crippen LogP contribution in [0.15, 0.2) is 30.1 Å². The minimum absolute atomic E-state index is 0.359. The van der Waals surface area contributed by atoms with E-state index in [0.29, 0.717) is 18.8 Å². The summed E-state index contributed by atoms with van der Waals surface area (Å²) in [6.45, 7) is 8.73. The van der Waals surface area contributed by atoms with Gasteiger partial charge in [-0.15, -0.1) is 0 Å². The predicted octanol–water partition coefficient (Wildman–Crippen LogP) is 5.22. The molecular weight excluding hydrogens is 462 g/mol. The summed E-state index contributed by atoms with van der Waals surface area (Å²) in [7, 11) is 0. The second kappa shape index (κ2) is 12.2. The van der Waals surface area contributed by atoms with Gasteiger partial charge in [-0.05, 0) is 95.8 Å². The summed E-state index contributed by atoms with van der Waals surface area (Å²) in [6.07, 6.45) is 13.6. The van der Waals surface area contributed by atoms with Crippen LogP contribution in [0.5, 0.6) is 0 Å². The van der Waals surface area contributed by atoms with E-state index in [4.69, 9.17) is 15.5 Å². The van der Waals surface area contributed by atoms with Crippen molar-refractivity contribution in [1.29, 1.82) is 0 Å². The van der Waals surface area contributed by atoms with Gasteiger partial charge in [-0.3, -0.25) is 4.79 Å². The Hall–Kier alpha value is -2.80. The van der Waals surface area contributed by atoms with Crippen molar-refractivity contribution in [2.45, 2.75) is 109 Å². The van der Waals surface area contributed by atoms with Gasteiger partial charge >= 0.3 is 5.97 Å². The fourth-order valence-electron chi connectivity index (χ4n) is 5.39. The second-order valence-electron chi connectivity index (χ2n) is 11.4. The zero-order valence-electron chi connectivity index (χ0n) is 23.0. The van der Waals surface area contributed by atoms with Crippen LogP contribution >= 0.6 is 0 Å². The number of carbonyl (C=O) groups is 1. The van der Waals surface area contributed by atoms with Gasteiger partial charge in [0, 0.05) is 30.3 Å². The maximum Gasteiger partial charge on any atom is 0.323 e. The molecule has 1 aliphatic heterocycles. The fourth-order valence-corrected chi connectivity index (χ4v) is 5.39. The number of pyridine rings is 1. The Kier molecular flexibility index (Phi) is 8.95. The summed E-state index contributed by atoms with van der Waals surface area (Å²) in [4.78, 5) is 26.5. The molecule has 0 aromatic carbocycles. The Morgan fingerprint density at radius 2 is 2.00 bits per heavy atom. The number of allylic oxidation sites excluding steroid dienone is 2. The molecule has 0 amide bonds. The third-order valence-corrected chi connectivity index (χ3v) is 7.37. The summed E-state index contributed by atoms with van der Waals surface area (Å²) in [5, 5.41) is 3.48. The molecule has 0 spiro atoms. The third kappa shape index (κ3) is 7.37. The van der Waals surface area contributed by atoms with Gasteiger partial charge in [0.15, 0.2) is 0 Å². The van der Waals surface area contributed by atoms with Crippen LogP contribution in [0.25, 0.3) is 0 Å². The van der Waals surface area contributed by atoms with Crippen LogP contribution in [0, 0.1) is 0 Å². The minimum Gasteiger partial charge on any atom is -0.459 e. The largest absolute Gasteiger partial charge is 0.459 e. The maximum absolute atomic E-state index is 12.3. The van der Waals surface area contributed by atoms with Crippen molar-refractivity contribution in [3.05, 3.63) is 58.3 Å². The lowest BCUT2D eigenvalue weighted by molar-refractivity contribution is -0.156. The highest BCUT2D eigenvalue weighted by Crippen LogP contribution is 2.33. The molecule has 4 rings (SSSR count). The molecule has 7 heteroatoms. The molecule has 2 unspecified atom stereocenters. The fraction of sp³-hybridized carbons (Fsp3) is 0.600. The smallest absolute Gasteiger partial charge is 0.323 e. The van der Waals surface area contributed by atoms with Gasteiger partial charge in [-0.2, -0.15) is 0 Å². The van der Waals surface area contributed by atoms with Crippen LogP contribution in [0.3, 0.4) is 0 Å². The topological polar surface area (TPSA) is 103 Å². The van der Waals surface area contributed by atoms with Crippen LogP contribution < -0.4 is 11.1 Å². The summed E-state index contributed by atoms with van der Waals surface area (Å²) in [5.41, 5.74) is 12.9. The Morgan fingerprint density at radius 3 is 2.78 bits per heavy atom. The van der Waals surface area contributed by atoms with Crippen LogP contribution in [-0.4, -0.2) is 39.1 Å². The lowest BCUT2D eigenvalue weighted by atomic mass is 9.93. The highest BCUT2D eigenvalue weighted by Gasteiger charge is 2.23. The molecule has 3 heterocycles. The van der Waals surface area contributed by atoms with E-state index >= 15 is 0 Å². The quantitative estimate of drug-likeness (QED) is 0.374. The number of nitrogens with zero attached hydrogens (tertiary/aromatic N) is 3. The lowest BCUT2D eigenvalue weighted by Crippen LogP contribution is -2.37. The van der Waals surface area contributed by atoms with Crippen molar-refractivity contribution in [2.75, 3.05) is 11.9 Å². The molecule has 0 saturated heterocycles. The number of fused-ring (bicyclic) bond motifs is 1. The molecule has 0 saturated carbocycles. The lowest BCUT2D eigenvalue weighted by Gasteiger charge is -2.22. The first-order valence-electron chi connectivity index (χ1n) is 13.9. The van der Waals surface area contributed by atoms with E-state index in [-0.39, 0.29) is 5.97 Å². The van der Waals surface area contributed by atoms with E-state index in [0.717, 1.165) is 68.7 Å². The number of rotatable bonds is 8. The number of hydrogen-bond acceptors (Lipinski definition) is 7. The van der Waals surface area contributed by atoms with E-state index in [1.165, 1.54) is 28.8 Å². The van der Waals surface area contributed by atoms with E-state index in [1.807, 2.05) is 20.8 Å². The van der Waals surface area contributed by atoms with Gasteiger partial charge in [-0.25, -0.2) is 15.0 Å². The van der Waals surface area contributed by atoms with Gasteiger partial charge in [0.25, 0.3) is 0 Å². The van der Waals surface area contributed by atoms with Crippen LogP contribution in [0.1, 0.15) is 100 Å². The number of nitrogens with two attached hydrogens (primary N) is 1.